The maximum Gasteiger partial charge on any atom is 0.115 e. The fraction of sp³-hybridized carbons (Fsp3) is 0.143. The molecule has 0 unspecified atom stereocenters. The summed E-state index contributed by atoms with van der Waals surface area (Å²) in [5.74, 6) is 0.329. The Morgan fingerprint density at radius 1 is 1.10 bits per heavy atom. The van der Waals surface area contributed by atoms with Crippen LogP contribution in [0.2, 0.25) is 0 Å². The van der Waals surface area contributed by atoms with Gasteiger partial charge in [0.05, 0.1) is 0 Å². The maximum atomic E-state index is 8.76. The van der Waals surface area contributed by atoms with Gasteiger partial charge in [-0.1, -0.05) is 17.7 Å². The molecule has 1 N–H and O–H groups in total. The maximum absolute atomic E-state index is 8.76. The Balaban J connectivity index is 0. The summed E-state index contributed by atoms with van der Waals surface area (Å²) in [4.78, 5) is 0. The van der Waals surface area contributed by atoms with Crippen molar-refractivity contribution in [3.05, 3.63) is 29.8 Å². The summed E-state index contributed by atoms with van der Waals surface area (Å²) < 4.78 is 0. The Hall–Kier alpha value is 0.193. The normalized spacial score (nSPS) is 7.30. The van der Waals surface area contributed by atoms with Crippen LogP contribution in [0.3, 0.4) is 0 Å². The van der Waals surface area contributed by atoms with Crippen LogP contribution in [0, 0.1) is 6.92 Å². The molecule has 0 saturated carbocycles. The third kappa shape index (κ3) is 4.08. The van der Waals surface area contributed by atoms with Gasteiger partial charge in [-0.15, -0.1) is 12.4 Å². The third-order valence-corrected chi connectivity index (χ3v) is 1.03. The molecule has 0 aliphatic carbocycles. The van der Waals surface area contributed by atoms with Crippen molar-refractivity contribution in [2.75, 3.05) is 0 Å². The van der Waals surface area contributed by atoms with Crippen molar-refractivity contribution in [1.29, 1.82) is 0 Å². The van der Waals surface area contributed by atoms with E-state index in [2.05, 4.69) is 0 Å². The average Bonchev–Trinajstić information content (AvgIpc) is 1.77. The molecule has 0 saturated heterocycles. The molecular formula is C7H9ClOZr. The van der Waals surface area contributed by atoms with Gasteiger partial charge < -0.3 is 5.11 Å². The zero-order valence-electron chi connectivity index (χ0n) is 5.66. The number of hydrogen-bond donors (Lipinski definition) is 1. The molecule has 0 atom stereocenters. The molecule has 0 bridgehead atoms. The zero-order valence-corrected chi connectivity index (χ0v) is 8.94. The largest absolute Gasteiger partial charge is 0.508 e. The second-order valence-corrected chi connectivity index (χ2v) is 1.84. The molecule has 0 aliphatic rings. The average molecular weight is 236 g/mol. The third-order valence-electron chi connectivity index (χ3n) is 1.03. The summed E-state index contributed by atoms with van der Waals surface area (Å²) in [6.45, 7) is 1.99. The molecule has 54 valence electrons. The van der Waals surface area contributed by atoms with Crippen LogP contribution in [-0.4, -0.2) is 5.11 Å². The van der Waals surface area contributed by atoms with E-state index in [9.17, 15) is 0 Å². The molecule has 1 aromatic rings. The second kappa shape index (κ2) is 5.94. The summed E-state index contributed by atoms with van der Waals surface area (Å²) >= 11 is 0. The van der Waals surface area contributed by atoms with Gasteiger partial charge >= 0.3 is 0 Å². The Morgan fingerprint density at radius 3 is 1.80 bits per heavy atom. The molecule has 0 heterocycles. The molecule has 1 aromatic carbocycles. The predicted molar refractivity (Wildman–Crippen MR) is 40.1 cm³/mol. The number of hydrogen-bond acceptors (Lipinski definition) is 1. The molecule has 0 aliphatic heterocycles. The van der Waals surface area contributed by atoms with Gasteiger partial charge in [-0.2, -0.15) is 0 Å². The molecule has 0 amide bonds. The Labute approximate surface area is 86.0 Å². The quantitative estimate of drug-likeness (QED) is 0.731. The number of halogens is 1. The number of phenols is 1. The van der Waals surface area contributed by atoms with E-state index in [1.54, 1.807) is 12.1 Å². The van der Waals surface area contributed by atoms with E-state index in [0.29, 0.717) is 5.75 Å². The van der Waals surface area contributed by atoms with Crippen molar-refractivity contribution in [3.63, 3.8) is 0 Å². The fourth-order valence-electron chi connectivity index (χ4n) is 0.545. The molecule has 0 aromatic heterocycles. The number of aryl methyl sites for hydroxylation is 1. The fourth-order valence-corrected chi connectivity index (χ4v) is 0.545. The number of benzene rings is 1. The molecular weight excluding hydrogens is 227 g/mol. The smallest absolute Gasteiger partial charge is 0.115 e. The van der Waals surface area contributed by atoms with Crippen LogP contribution in [-0.2, 0) is 26.2 Å². The molecule has 0 fully saturated rings. The van der Waals surface area contributed by atoms with Gasteiger partial charge in [0.15, 0.2) is 0 Å². The first-order valence-electron chi connectivity index (χ1n) is 2.54. The summed E-state index contributed by atoms with van der Waals surface area (Å²) in [5, 5.41) is 8.76. The summed E-state index contributed by atoms with van der Waals surface area (Å²) in [6, 6.07) is 7.09. The van der Waals surface area contributed by atoms with Gasteiger partial charge in [-0.05, 0) is 19.1 Å². The Morgan fingerprint density at radius 2 is 1.50 bits per heavy atom. The molecule has 1 rings (SSSR count). The van der Waals surface area contributed by atoms with Gasteiger partial charge in [0.25, 0.3) is 0 Å². The molecule has 0 radical (unpaired) electrons. The van der Waals surface area contributed by atoms with Crippen LogP contribution >= 0.6 is 12.4 Å². The van der Waals surface area contributed by atoms with Gasteiger partial charge in [-0.25, -0.2) is 0 Å². The van der Waals surface area contributed by atoms with Crippen molar-refractivity contribution < 1.29 is 31.3 Å². The van der Waals surface area contributed by atoms with Gasteiger partial charge in [0, 0.05) is 26.2 Å². The van der Waals surface area contributed by atoms with Gasteiger partial charge in [-0.3, -0.25) is 0 Å². The molecule has 3 heteroatoms. The van der Waals surface area contributed by atoms with Crippen LogP contribution in [0.5, 0.6) is 5.75 Å². The summed E-state index contributed by atoms with van der Waals surface area (Å²) in [5.41, 5.74) is 1.17. The van der Waals surface area contributed by atoms with E-state index < -0.39 is 0 Å². The summed E-state index contributed by atoms with van der Waals surface area (Å²) in [6.07, 6.45) is 0. The summed E-state index contributed by atoms with van der Waals surface area (Å²) in [7, 11) is 0. The Bertz CT molecular complexity index is 152. The first kappa shape index (κ1) is 12.8. The molecule has 1 nitrogen and oxygen atoms in total. The van der Waals surface area contributed by atoms with Crippen molar-refractivity contribution in [1.82, 2.24) is 0 Å². The van der Waals surface area contributed by atoms with E-state index in [4.69, 9.17) is 5.11 Å². The standard InChI is InChI=1S/C7H8O.ClH.Zr/c1-6-2-4-7(8)5-3-6;;/h2-5,8H,1H3;1H;. The minimum atomic E-state index is 0. The van der Waals surface area contributed by atoms with Crippen molar-refractivity contribution >= 4 is 12.4 Å². The van der Waals surface area contributed by atoms with Crippen LogP contribution in [0.4, 0.5) is 0 Å². The van der Waals surface area contributed by atoms with Gasteiger partial charge in [0.1, 0.15) is 5.75 Å². The Kier molecular flexibility index (Phi) is 7.62. The minimum absolute atomic E-state index is 0. The molecule has 0 spiro atoms. The number of phenolic OH excluding ortho intramolecular Hbond substituents is 1. The monoisotopic (exact) mass is 234 g/mol. The first-order valence-corrected chi connectivity index (χ1v) is 2.54. The minimum Gasteiger partial charge on any atom is -0.508 e. The predicted octanol–water partition coefficient (Wildman–Crippen LogP) is 2.12. The van der Waals surface area contributed by atoms with Crippen molar-refractivity contribution in [2.24, 2.45) is 0 Å². The van der Waals surface area contributed by atoms with Crippen LogP contribution in [0.25, 0.3) is 0 Å². The van der Waals surface area contributed by atoms with Crippen LogP contribution in [0.15, 0.2) is 24.3 Å². The van der Waals surface area contributed by atoms with Crippen LogP contribution in [0.1, 0.15) is 5.56 Å². The SMILES string of the molecule is Cc1ccc(O)cc1.Cl.[Zr]. The van der Waals surface area contributed by atoms with E-state index >= 15 is 0 Å². The van der Waals surface area contributed by atoms with Crippen molar-refractivity contribution in [2.45, 2.75) is 6.92 Å². The van der Waals surface area contributed by atoms with Crippen molar-refractivity contribution in [3.8, 4) is 5.75 Å². The van der Waals surface area contributed by atoms with E-state index in [-0.39, 0.29) is 38.6 Å². The van der Waals surface area contributed by atoms with E-state index in [0.717, 1.165) is 0 Å². The zero-order chi connectivity index (χ0) is 5.98. The van der Waals surface area contributed by atoms with Gasteiger partial charge in [0.2, 0.25) is 0 Å². The van der Waals surface area contributed by atoms with Crippen LogP contribution < -0.4 is 0 Å². The number of aromatic hydroxyl groups is 1. The van der Waals surface area contributed by atoms with E-state index in [1.807, 2.05) is 19.1 Å². The van der Waals surface area contributed by atoms with E-state index in [1.165, 1.54) is 5.56 Å². The number of rotatable bonds is 0. The topological polar surface area (TPSA) is 20.2 Å². The second-order valence-electron chi connectivity index (χ2n) is 1.84. The molecule has 10 heavy (non-hydrogen) atoms. The first-order chi connectivity index (χ1) is 3.79.